The van der Waals surface area contributed by atoms with Gasteiger partial charge in [0.15, 0.2) is 5.13 Å². The fraction of sp³-hybridized carbons (Fsp3) is 0.800. The van der Waals surface area contributed by atoms with E-state index < -0.39 is 0 Å². The molecule has 2 heterocycles. The van der Waals surface area contributed by atoms with E-state index in [-0.39, 0.29) is 11.0 Å². The van der Waals surface area contributed by atoms with Crippen LogP contribution in [0.1, 0.15) is 47.2 Å². The van der Waals surface area contributed by atoms with Crippen LogP contribution in [0.4, 0.5) is 5.13 Å². The van der Waals surface area contributed by atoms with Crippen molar-refractivity contribution in [3.8, 4) is 0 Å². The lowest BCUT2D eigenvalue weighted by molar-refractivity contribution is 0.128. The lowest BCUT2D eigenvalue weighted by Crippen LogP contribution is -2.53. The molecule has 0 saturated carbocycles. The molecule has 0 aliphatic carbocycles. The van der Waals surface area contributed by atoms with Gasteiger partial charge in [0.2, 0.25) is 0 Å². The minimum Gasteiger partial charge on any atom is -0.346 e. The summed E-state index contributed by atoms with van der Waals surface area (Å²) in [6.45, 7) is 18.0. The van der Waals surface area contributed by atoms with Gasteiger partial charge in [-0.3, -0.25) is 4.90 Å². The third-order valence-corrected chi connectivity index (χ3v) is 4.66. The van der Waals surface area contributed by atoms with Crippen LogP contribution in [0.15, 0.2) is 5.38 Å². The van der Waals surface area contributed by atoms with Crippen LogP contribution in [0.25, 0.3) is 0 Å². The van der Waals surface area contributed by atoms with Gasteiger partial charge in [0.25, 0.3) is 0 Å². The second kappa shape index (κ2) is 5.06. The van der Waals surface area contributed by atoms with Crippen LogP contribution in [-0.2, 0) is 5.41 Å². The molecular weight excluding hydrogens is 254 g/mol. The molecule has 108 valence electrons. The molecule has 0 spiro atoms. The molecule has 19 heavy (non-hydrogen) atoms. The summed E-state index contributed by atoms with van der Waals surface area (Å²) in [5.41, 5.74) is 1.65. The fourth-order valence-electron chi connectivity index (χ4n) is 2.32. The number of hydrogen-bond acceptors (Lipinski definition) is 4. The average Bonchev–Trinajstić information content (AvgIpc) is 2.77. The third-order valence-electron chi connectivity index (χ3n) is 3.76. The van der Waals surface area contributed by atoms with E-state index in [1.807, 2.05) is 0 Å². The van der Waals surface area contributed by atoms with Crippen LogP contribution in [-0.4, -0.2) is 41.6 Å². The van der Waals surface area contributed by atoms with Gasteiger partial charge >= 0.3 is 0 Å². The number of nitrogens with zero attached hydrogens (tertiary/aromatic N) is 3. The molecule has 4 heteroatoms. The highest BCUT2D eigenvalue weighted by Gasteiger charge is 2.27. The zero-order valence-corrected chi connectivity index (χ0v) is 14.0. The molecule has 0 bridgehead atoms. The summed E-state index contributed by atoms with van der Waals surface area (Å²) in [5, 5.41) is 3.41. The minimum absolute atomic E-state index is 0.155. The molecule has 2 rings (SSSR count). The predicted molar refractivity (Wildman–Crippen MR) is 84.4 cm³/mol. The van der Waals surface area contributed by atoms with Gasteiger partial charge in [0.05, 0.1) is 5.69 Å². The van der Waals surface area contributed by atoms with Gasteiger partial charge in [-0.25, -0.2) is 4.98 Å². The second-order valence-electron chi connectivity index (χ2n) is 7.41. The Labute approximate surface area is 121 Å². The van der Waals surface area contributed by atoms with E-state index in [4.69, 9.17) is 4.98 Å². The first-order valence-corrected chi connectivity index (χ1v) is 8.02. The van der Waals surface area contributed by atoms with Crippen LogP contribution >= 0.6 is 11.3 Å². The third kappa shape index (κ3) is 3.48. The first-order chi connectivity index (χ1) is 8.68. The van der Waals surface area contributed by atoms with Crippen molar-refractivity contribution in [3.63, 3.8) is 0 Å². The largest absolute Gasteiger partial charge is 0.346 e. The van der Waals surface area contributed by atoms with Gasteiger partial charge in [-0.1, -0.05) is 20.8 Å². The molecule has 0 N–H and O–H groups in total. The summed E-state index contributed by atoms with van der Waals surface area (Å²) in [6.07, 6.45) is 0. The maximum atomic E-state index is 4.82. The Morgan fingerprint density at radius 2 is 1.58 bits per heavy atom. The van der Waals surface area contributed by atoms with Crippen LogP contribution in [0.5, 0.6) is 0 Å². The number of rotatable bonds is 1. The standard InChI is InChI=1S/C15H27N3S/c1-14(2,3)12-11-19-13(16-12)17-7-9-18(10-8-17)15(4,5)6/h11H,7-10H2,1-6H3. The molecule has 1 saturated heterocycles. The van der Waals surface area contributed by atoms with Crippen molar-refractivity contribution in [1.29, 1.82) is 0 Å². The zero-order chi connectivity index (χ0) is 14.3. The zero-order valence-electron chi connectivity index (χ0n) is 13.2. The van der Waals surface area contributed by atoms with Gasteiger partial charge < -0.3 is 4.90 Å². The van der Waals surface area contributed by atoms with E-state index in [0.29, 0.717) is 0 Å². The number of anilines is 1. The lowest BCUT2D eigenvalue weighted by atomic mass is 9.93. The Morgan fingerprint density at radius 3 is 2.00 bits per heavy atom. The monoisotopic (exact) mass is 281 g/mol. The van der Waals surface area contributed by atoms with Crippen molar-refractivity contribution in [2.75, 3.05) is 31.1 Å². The lowest BCUT2D eigenvalue weighted by Gasteiger charge is -2.42. The Morgan fingerprint density at radius 1 is 1.00 bits per heavy atom. The topological polar surface area (TPSA) is 19.4 Å². The molecule has 1 aliphatic heterocycles. The number of piperazine rings is 1. The average molecular weight is 281 g/mol. The predicted octanol–water partition coefficient (Wildman–Crippen LogP) is 3.36. The highest BCUT2D eigenvalue weighted by molar-refractivity contribution is 7.13. The molecule has 1 aromatic heterocycles. The Kier molecular flexibility index (Phi) is 3.94. The van der Waals surface area contributed by atoms with Gasteiger partial charge in [-0.2, -0.15) is 0 Å². The highest BCUT2D eigenvalue weighted by Crippen LogP contribution is 2.29. The maximum absolute atomic E-state index is 4.82. The maximum Gasteiger partial charge on any atom is 0.185 e. The van der Waals surface area contributed by atoms with E-state index in [9.17, 15) is 0 Å². The minimum atomic E-state index is 0.155. The van der Waals surface area contributed by atoms with Crippen molar-refractivity contribution < 1.29 is 0 Å². The van der Waals surface area contributed by atoms with E-state index in [2.05, 4.69) is 56.7 Å². The molecule has 3 nitrogen and oxygen atoms in total. The molecule has 1 aliphatic rings. The second-order valence-corrected chi connectivity index (χ2v) is 8.25. The van der Waals surface area contributed by atoms with E-state index in [1.54, 1.807) is 11.3 Å². The molecule has 0 atom stereocenters. The SMILES string of the molecule is CC(C)(C)c1csc(N2CCN(C(C)(C)C)CC2)n1. The van der Waals surface area contributed by atoms with Crippen molar-refractivity contribution in [2.45, 2.75) is 52.5 Å². The van der Waals surface area contributed by atoms with Crippen LogP contribution < -0.4 is 4.90 Å². The van der Waals surface area contributed by atoms with E-state index >= 15 is 0 Å². The first-order valence-electron chi connectivity index (χ1n) is 7.14. The fourth-order valence-corrected chi connectivity index (χ4v) is 3.43. The summed E-state index contributed by atoms with van der Waals surface area (Å²) < 4.78 is 0. The van der Waals surface area contributed by atoms with Crippen LogP contribution in [0, 0.1) is 0 Å². The smallest absolute Gasteiger partial charge is 0.185 e. The summed E-state index contributed by atoms with van der Waals surface area (Å²) in [7, 11) is 0. The number of thiazole rings is 1. The Bertz CT molecular complexity index is 417. The van der Waals surface area contributed by atoms with Crippen molar-refractivity contribution in [3.05, 3.63) is 11.1 Å². The first kappa shape index (κ1) is 14.8. The summed E-state index contributed by atoms with van der Waals surface area (Å²) in [5.74, 6) is 0. The molecular formula is C15H27N3S. The molecule has 0 aromatic carbocycles. The highest BCUT2D eigenvalue weighted by atomic mass is 32.1. The molecule has 1 aromatic rings. The number of aromatic nitrogens is 1. The van der Waals surface area contributed by atoms with Crippen molar-refractivity contribution in [1.82, 2.24) is 9.88 Å². The van der Waals surface area contributed by atoms with Gasteiger partial charge in [-0.05, 0) is 20.8 Å². The van der Waals surface area contributed by atoms with Crippen molar-refractivity contribution >= 4 is 16.5 Å². The molecule has 0 radical (unpaired) electrons. The quantitative estimate of drug-likeness (QED) is 0.787. The van der Waals surface area contributed by atoms with Crippen LogP contribution in [0.3, 0.4) is 0 Å². The Hall–Kier alpha value is -0.610. The van der Waals surface area contributed by atoms with Crippen LogP contribution in [0.2, 0.25) is 0 Å². The van der Waals surface area contributed by atoms with E-state index in [0.717, 1.165) is 26.2 Å². The summed E-state index contributed by atoms with van der Waals surface area (Å²) >= 11 is 1.79. The van der Waals surface area contributed by atoms with Gasteiger partial charge in [0.1, 0.15) is 0 Å². The summed E-state index contributed by atoms with van der Waals surface area (Å²) in [6, 6.07) is 0. The van der Waals surface area contributed by atoms with Crippen molar-refractivity contribution in [2.24, 2.45) is 0 Å². The van der Waals surface area contributed by atoms with Gasteiger partial charge in [0, 0.05) is 42.5 Å². The Balaban J connectivity index is 2.00. The normalized spacial score (nSPS) is 18.9. The van der Waals surface area contributed by atoms with Gasteiger partial charge in [-0.15, -0.1) is 11.3 Å². The van der Waals surface area contributed by atoms with E-state index in [1.165, 1.54) is 10.8 Å². The molecule has 0 unspecified atom stereocenters. The summed E-state index contributed by atoms with van der Waals surface area (Å²) in [4.78, 5) is 9.81. The number of hydrogen-bond donors (Lipinski definition) is 0. The molecule has 0 amide bonds. The molecule has 1 fully saturated rings.